The van der Waals surface area contributed by atoms with E-state index in [0.717, 1.165) is 5.76 Å². The summed E-state index contributed by atoms with van der Waals surface area (Å²) in [6.07, 6.45) is 1.63. The van der Waals surface area contributed by atoms with Crippen molar-refractivity contribution in [2.24, 2.45) is 0 Å². The normalized spacial score (nSPS) is 12.7. The molecule has 1 atom stereocenters. The van der Waals surface area contributed by atoms with Crippen molar-refractivity contribution in [2.45, 2.75) is 33.4 Å². The molecule has 7 nitrogen and oxygen atoms in total. The number of ether oxygens (including phenoxy) is 1. The van der Waals surface area contributed by atoms with Crippen molar-refractivity contribution in [3.63, 3.8) is 0 Å². The van der Waals surface area contributed by atoms with Crippen LogP contribution in [0.1, 0.15) is 46.7 Å². The summed E-state index contributed by atoms with van der Waals surface area (Å²) in [6.45, 7) is 6.33. The highest BCUT2D eigenvalue weighted by Gasteiger charge is 2.22. The highest BCUT2D eigenvalue weighted by atomic mass is 32.1. The van der Waals surface area contributed by atoms with Gasteiger partial charge in [-0.2, -0.15) is 0 Å². The average molecular weight is 375 g/mol. The zero-order chi connectivity index (χ0) is 18.8. The molecule has 1 unspecified atom stereocenters. The highest BCUT2D eigenvalue weighted by molar-refractivity contribution is 7.20. The number of H-pyrrole nitrogens is 1. The van der Waals surface area contributed by atoms with E-state index >= 15 is 0 Å². The number of hydrogen-bond acceptors (Lipinski definition) is 7. The van der Waals surface area contributed by atoms with Gasteiger partial charge in [0.25, 0.3) is 5.56 Å². The van der Waals surface area contributed by atoms with Gasteiger partial charge in [-0.05, 0) is 45.5 Å². The first kappa shape index (κ1) is 18.3. The van der Waals surface area contributed by atoms with E-state index in [9.17, 15) is 9.59 Å². The molecule has 0 fully saturated rings. The molecule has 3 heterocycles. The van der Waals surface area contributed by atoms with Crippen LogP contribution in [0.25, 0.3) is 10.2 Å². The summed E-state index contributed by atoms with van der Waals surface area (Å²) >= 11 is 1.19. The van der Waals surface area contributed by atoms with E-state index in [1.54, 1.807) is 20.1 Å². The first-order valence-corrected chi connectivity index (χ1v) is 9.17. The number of nitrogens with zero attached hydrogens (tertiary/aromatic N) is 2. The molecule has 3 rings (SSSR count). The zero-order valence-corrected chi connectivity index (χ0v) is 16.0. The van der Waals surface area contributed by atoms with Crippen molar-refractivity contribution in [2.75, 3.05) is 13.7 Å². The molecule has 3 aromatic heterocycles. The first-order valence-electron chi connectivity index (χ1n) is 8.35. The standard InChI is InChI=1S/C18H21N3O4S/c1-5-24-18(23)14-10(2)13-16(22)19-15(20-17(13)26-14)11(3)21(4)9-12-7-6-8-25-12/h6-8,11H,5,9H2,1-4H3,(H,19,20,22). The van der Waals surface area contributed by atoms with Gasteiger partial charge < -0.3 is 14.1 Å². The molecule has 0 aliphatic rings. The van der Waals surface area contributed by atoms with Crippen LogP contribution in [0.5, 0.6) is 0 Å². The lowest BCUT2D eigenvalue weighted by Gasteiger charge is -2.22. The number of aryl methyl sites for hydroxylation is 1. The first-order chi connectivity index (χ1) is 12.4. The lowest BCUT2D eigenvalue weighted by Crippen LogP contribution is -2.25. The molecule has 0 saturated heterocycles. The van der Waals surface area contributed by atoms with Crippen LogP contribution < -0.4 is 5.56 Å². The van der Waals surface area contributed by atoms with Gasteiger partial charge in [-0.1, -0.05) is 0 Å². The Labute approximate surface area is 154 Å². The Bertz CT molecular complexity index is 974. The summed E-state index contributed by atoms with van der Waals surface area (Å²) in [4.78, 5) is 35.1. The minimum Gasteiger partial charge on any atom is -0.468 e. The number of carbonyl (C=O) groups is 1. The average Bonchev–Trinajstić information content (AvgIpc) is 3.22. The maximum atomic E-state index is 12.6. The van der Waals surface area contributed by atoms with Crippen molar-refractivity contribution in [1.29, 1.82) is 0 Å². The second-order valence-electron chi connectivity index (χ2n) is 6.08. The Morgan fingerprint density at radius 1 is 1.50 bits per heavy atom. The summed E-state index contributed by atoms with van der Waals surface area (Å²) in [6, 6.07) is 3.60. The second-order valence-corrected chi connectivity index (χ2v) is 7.08. The van der Waals surface area contributed by atoms with E-state index in [1.807, 2.05) is 31.0 Å². The smallest absolute Gasteiger partial charge is 0.348 e. The Hall–Kier alpha value is -2.45. The Morgan fingerprint density at radius 2 is 2.27 bits per heavy atom. The molecule has 0 saturated carbocycles. The zero-order valence-electron chi connectivity index (χ0n) is 15.2. The van der Waals surface area contributed by atoms with Crippen LogP contribution in [-0.2, 0) is 11.3 Å². The second kappa shape index (κ2) is 7.43. The minimum atomic E-state index is -0.420. The maximum Gasteiger partial charge on any atom is 0.348 e. The van der Waals surface area contributed by atoms with Crippen LogP contribution in [0, 0.1) is 6.92 Å². The number of fused-ring (bicyclic) bond motifs is 1. The van der Waals surface area contributed by atoms with Crippen LogP contribution in [0.2, 0.25) is 0 Å². The Balaban J connectivity index is 1.95. The largest absolute Gasteiger partial charge is 0.468 e. The number of thiophene rings is 1. The summed E-state index contributed by atoms with van der Waals surface area (Å²) in [7, 11) is 1.93. The van der Waals surface area contributed by atoms with E-state index in [4.69, 9.17) is 9.15 Å². The van der Waals surface area contributed by atoms with Crippen molar-refractivity contribution in [1.82, 2.24) is 14.9 Å². The summed E-state index contributed by atoms with van der Waals surface area (Å²) in [5.74, 6) is 0.962. The molecule has 0 bridgehead atoms. The number of nitrogens with one attached hydrogen (secondary N) is 1. The number of aromatic amines is 1. The predicted molar refractivity (Wildman–Crippen MR) is 99.5 cm³/mol. The Kier molecular flexibility index (Phi) is 5.24. The van der Waals surface area contributed by atoms with E-state index in [-0.39, 0.29) is 18.2 Å². The number of carbonyl (C=O) groups excluding carboxylic acids is 1. The summed E-state index contributed by atoms with van der Waals surface area (Å²) in [5.41, 5.74) is 0.368. The molecule has 0 aliphatic carbocycles. The Morgan fingerprint density at radius 3 is 2.92 bits per heavy atom. The van der Waals surface area contributed by atoms with Gasteiger partial charge in [0.05, 0.1) is 30.8 Å². The van der Waals surface area contributed by atoms with Gasteiger partial charge in [-0.25, -0.2) is 9.78 Å². The number of furan rings is 1. The van der Waals surface area contributed by atoms with Crippen molar-refractivity contribution < 1.29 is 13.9 Å². The SMILES string of the molecule is CCOC(=O)c1sc2nc(C(C)N(C)Cc3ccco3)[nH]c(=O)c2c1C. The molecule has 26 heavy (non-hydrogen) atoms. The minimum absolute atomic E-state index is 0.134. The molecule has 8 heteroatoms. The number of rotatable bonds is 6. The fourth-order valence-corrected chi connectivity index (χ4v) is 3.83. The molecule has 0 amide bonds. The fraction of sp³-hybridized carbons (Fsp3) is 0.389. The number of hydrogen-bond donors (Lipinski definition) is 1. The van der Waals surface area contributed by atoms with Gasteiger partial charge in [0, 0.05) is 0 Å². The third kappa shape index (κ3) is 3.42. The van der Waals surface area contributed by atoms with Gasteiger partial charge >= 0.3 is 5.97 Å². The van der Waals surface area contributed by atoms with Gasteiger partial charge in [-0.3, -0.25) is 9.69 Å². The highest BCUT2D eigenvalue weighted by Crippen LogP contribution is 2.29. The molecular weight excluding hydrogens is 354 g/mol. The number of aromatic nitrogens is 2. The molecule has 0 aromatic carbocycles. The molecule has 0 spiro atoms. The molecular formula is C18H21N3O4S. The fourth-order valence-electron chi connectivity index (χ4n) is 2.74. The number of esters is 1. The van der Waals surface area contributed by atoms with Crippen LogP contribution >= 0.6 is 11.3 Å². The molecule has 1 N–H and O–H groups in total. The van der Waals surface area contributed by atoms with E-state index < -0.39 is 5.97 Å². The van der Waals surface area contributed by atoms with E-state index in [0.29, 0.717) is 33.0 Å². The van der Waals surface area contributed by atoms with Crippen LogP contribution in [0.3, 0.4) is 0 Å². The van der Waals surface area contributed by atoms with Crippen molar-refractivity contribution in [3.8, 4) is 0 Å². The van der Waals surface area contributed by atoms with Gasteiger partial charge in [0.1, 0.15) is 21.3 Å². The van der Waals surface area contributed by atoms with Crippen LogP contribution in [-0.4, -0.2) is 34.5 Å². The maximum absolute atomic E-state index is 12.6. The molecule has 0 radical (unpaired) electrons. The third-order valence-corrected chi connectivity index (χ3v) is 5.49. The summed E-state index contributed by atoms with van der Waals surface area (Å²) < 4.78 is 10.4. The van der Waals surface area contributed by atoms with E-state index in [1.165, 1.54) is 11.3 Å². The third-order valence-electron chi connectivity index (χ3n) is 4.32. The quantitative estimate of drug-likeness (QED) is 0.665. The van der Waals surface area contributed by atoms with Gasteiger partial charge in [-0.15, -0.1) is 11.3 Å². The van der Waals surface area contributed by atoms with Crippen LogP contribution in [0.15, 0.2) is 27.6 Å². The topological polar surface area (TPSA) is 88.4 Å². The monoisotopic (exact) mass is 375 g/mol. The molecule has 138 valence electrons. The van der Waals surface area contributed by atoms with Gasteiger partial charge in [0.15, 0.2) is 0 Å². The lowest BCUT2D eigenvalue weighted by molar-refractivity contribution is 0.0531. The lowest BCUT2D eigenvalue weighted by atomic mass is 10.2. The molecule has 0 aliphatic heterocycles. The van der Waals surface area contributed by atoms with E-state index in [2.05, 4.69) is 9.97 Å². The van der Waals surface area contributed by atoms with Gasteiger partial charge in [0.2, 0.25) is 0 Å². The van der Waals surface area contributed by atoms with Crippen molar-refractivity contribution in [3.05, 3.63) is 50.8 Å². The van der Waals surface area contributed by atoms with Crippen LogP contribution in [0.4, 0.5) is 0 Å². The summed E-state index contributed by atoms with van der Waals surface area (Å²) in [5, 5.41) is 0.447. The van der Waals surface area contributed by atoms with Crippen molar-refractivity contribution >= 4 is 27.5 Å². The molecule has 3 aromatic rings. The predicted octanol–water partition coefficient (Wildman–Crippen LogP) is 3.26.